The molecule has 12 heavy (non-hydrogen) atoms. The first-order valence-corrected chi connectivity index (χ1v) is 5.04. The lowest BCUT2D eigenvalue weighted by atomic mass is 10.3. The molecule has 0 radical (unpaired) electrons. The second kappa shape index (κ2) is 4.47. The standard InChI is InChI=1S/C7H12N2O2S/c1-2-6(10)9-7(11)5-3-12-4-8-5/h5,8H,2-4H2,1H3,(H,9,10,11). The molecule has 2 amide bonds. The zero-order chi connectivity index (χ0) is 8.97. The van der Waals surface area contributed by atoms with Crippen LogP contribution in [-0.2, 0) is 9.59 Å². The van der Waals surface area contributed by atoms with Crippen molar-refractivity contribution in [2.45, 2.75) is 19.4 Å². The summed E-state index contributed by atoms with van der Waals surface area (Å²) >= 11 is 1.66. The Kier molecular flexibility index (Phi) is 3.55. The molecule has 0 saturated carbocycles. The van der Waals surface area contributed by atoms with Crippen LogP contribution in [0.2, 0.25) is 0 Å². The van der Waals surface area contributed by atoms with E-state index in [4.69, 9.17) is 0 Å². The zero-order valence-electron chi connectivity index (χ0n) is 6.92. The lowest BCUT2D eigenvalue weighted by molar-refractivity contribution is -0.131. The van der Waals surface area contributed by atoms with Crippen LogP contribution in [0.5, 0.6) is 0 Å². The topological polar surface area (TPSA) is 58.2 Å². The van der Waals surface area contributed by atoms with Crippen molar-refractivity contribution in [3.8, 4) is 0 Å². The molecular weight excluding hydrogens is 176 g/mol. The van der Waals surface area contributed by atoms with Crippen molar-refractivity contribution in [1.29, 1.82) is 0 Å². The second-order valence-electron chi connectivity index (χ2n) is 2.54. The number of amides is 2. The molecule has 5 heteroatoms. The van der Waals surface area contributed by atoms with Gasteiger partial charge in [-0.25, -0.2) is 0 Å². The third-order valence-electron chi connectivity index (χ3n) is 1.62. The first kappa shape index (κ1) is 9.54. The van der Waals surface area contributed by atoms with Gasteiger partial charge in [0.05, 0.1) is 6.04 Å². The summed E-state index contributed by atoms with van der Waals surface area (Å²) in [6.07, 6.45) is 0.353. The van der Waals surface area contributed by atoms with Gasteiger partial charge in [0, 0.05) is 18.1 Å². The van der Waals surface area contributed by atoms with Crippen LogP contribution in [0.1, 0.15) is 13.3 Å². The number of hydrogen-bond acceptors (Lipinski definition) is 4. The molecule has 1 aliphatic rings. The number of carbonyl (C=O) groups excluding carboxylic acids is 2. The van der Waals surface area contributed by atoms with Crippen LogP contribution in [-0.4, -0.2) is 29.5 Å². The molecule has 0 aromatic rings. The summed E-state index contributed by atoms with van der Waals surface area (Å²) in [7, 11) is 0. The van der Waals surface area contributed by atoms with Crippen molar-refractivity contribution in [2.24, 2.45) is 0 Å². The summed E-state index contributed by atoms with van der Waals surface area (Å²) in [6.45, 7) is 1.72. The predicted octanol–water partition coefficient (Wildman–Crippen LogP) is -0.298. The lowest BCUT2D eigenvalue weighted by Gasteiger charge is -2.07. The molecule has 1 atom stereocenters. The summed E-state index contributed by atoms with van der Waals surface area (Å²) in [6, 6.07) is -0.189. The molecule has 0 aromatic carbocycles. The van der Waals surface area contributed by atoms with Gasteiger partial charge in [-0.05, 0) is 0 Å². The van der Waals surface area contributed by atoms with Gasteiger partial charge in [0.15, 0.2) is 0 Å². The lowest BCUT2D eigenvalue weighted by Crippen LogP contribution is -2.44. The van der Waals surface area contributed by atoms with E-state index in [0.717, 1.165) is 11.6 Å². The average Bonchev–Trinajstić information content (AvgIpc) is 2.56. The van der Waals surface area contributed by atoms with Crippen molar-refractivity contribution in [3.63, 3.8) is 0 Å². The molecule has 1 saturated heterocycles. The number of carbonyl (C=O) groups is 2. The second-order valence-corrected chi connectivity index (χ2v) is 3.57. The third-order valence-corrected chi connectivity index (χ3v) is 2.56. The molecule has 68 valence electrons. The zero-order valence-corrected chi connectivity index (χ0v) is 7.74. The van der Waals surface area contributed by atoms with Gasteiger partial charge in [0.25, 0.3) is 0 Å². The van der Waals surface area contributed by atoms with Crippen LogP contribution in [0, 0.1) is 0 Å². The molecule has 2 N–H and O–H groups in total. The van der Waals surface area contributed by atoms with E-state index in [-0.39, 0.29) is 17.9 Å². The minimum absolute atomic E-state index is 0.189. The van der Waals surface area contributed by atoms with Crippen molar-refractivity contribution in [3.05, 3.63) is 0 Å². The van der Waals surface area contributed by atoms with Gasteiger partial charge in [0.1, 0.15) is 0 Å². The number of thioether (sulfide) groups is 1. The molecule has 0 bridgehead atoms. The third kappa shape index (κ3) is 2.49. The molecule has 0 aromatic heterocycles. The SMILES string of the molecule is CCC(=O)NC(=O)C1CSCN1. The predicted molar refractivity (Wildman–Crippen MR) is 47.7 cm³/mol. The quantitative estimate of drug-likeness (QED) is 0.625. The molecule has 4 nitrogen and oxygen atoms in total. The fourth-order valence-electron chi connectivity index (χ4n) is 0.877. The minimum Gasteiger partial charge on any atom is -0.296 e. The van der Waals surface area contributed by atoms with E-state index in [0.29, 0.717) is 6.42 Å². The fourth-order valence-corrected chi connectivity index (χ4v) is 1.82. The van der Waals surface area contributed by atoms with Gasteiger partial charge >= 0.3 is 0 Å². The van der Waals surface area contributed by atoms with Crippen LogP contribution in [0.25, 0.3) is 0 Å². The summed E-state index contributed by atoms with van der Waals surface area (Å²) in [4.78, 5) is 22.0. The molecule has 0 aliphatic carbocycles. The van der Waals surface area contributed by atoms with Gasteiger partial charge in [-0.1, -0.05) is 6.92 Å². The highest BCUT2D eigenvalue weighted by molar-refractivity contribution is 7.99. The van der Waals surface area contributed by atoms with E-state index < -0.39 is 0 Å². The van der Waals surface area contributed by atoms with Crippen molar-refractivity contribution in [1.82, 2.24) is 10.6 Å². The molecular formula is C7H12N2O2S. The molecule has 1 rings (SSSR count). The van der Waals surface area contributed by atoms with Crippen LogP contribution >= 0.6 is 11.8 Å². The monoisotopic (exact) mass is 188 g/mol. The molecule has 0 spiro atoms. The maximum Gasteiger partial charge on any atom is 0.244 e. The first-order chi connectivity index (χ1) is 5.74. The van der Waals surface area contributed by atoms with Gasteiger partial charge in [-0.3, -0.25) is 20.2 Å². The van der Waals surface area contributed by atoms with E-state index in [2.05, 4.69) is 10.6 Å². The van der Waals surface area contributed by atoms with Crippen LogP contribution in [0.15, 0.2) is 0 Å². The Bertz CT molecular complexity index is 190. The number of nitrogens with one attached hydrogen (secondary N) is 2. The van der Waals surface area contributed by atoms with Gasteiger partial charge < -0.3 is 0 Å². The normalized spacial score (nSPS) is 22.2. The smallest absolute Gasteiger partial charge is 0.244 e. The number of hydrogen-bond donors (Lipinski definition) is 2. The largest absolute Gasteiger partial charge is 0.296 e. The average molecular weight is 188 g/mol. The highest BCUT2D eigenvalue weighted by Crippen LogP contribution is 2.09. The maximum atomic E-state index is 11.2. The Labute approximate surface area is 75.5 Å². The van der Waals surface area contributed by atoms with Crippen molar-refractivity contribution < 1.29 is 9.59 Å². The van der Waals surface area contributed by atoms with Crippen molar-refractivity contribution in [2.75, 3.05) is 11.6 Å². The molecule has 1 unspecified atom stereocenters. The summed E-state index contributed by atoms with van der Waals surface area (Å²) in [5.41, 5.74) is 0. The van der Waals surface area contributed by atoms with E-state index in [1.165, 1.54) is 0 Å². The van der Waals surface area contributed by atoms with Crippen LogP contribution in [0.4, 0.5) is 0 Å². The van der Waals surface area contributed by atoms with E-state index in [1.54, 1.807) is 18.7 Å². The Hall–Kier alpha value is -0.550. The Morgan fingerprint density at radius 3 is 2.92 bits per heavy atom. The van der Waals surface area contributed by atoms with E-state index in [1.807, 2.05) is 0 Å². The van der Waals surface area contributed by atoms with Crippen LogP contribution < -0.4 is 10.6 Å². The van der Waals surface area contributed by atoms with Gasteiger partial charge in [-0.15, -0.1) is 11.8 Å². The van der Waals surface area contributed by atoms with E-state index >= 15 is 0 Å². The molecule has 1 fully saturated rings. The Morgan fingerprint density at radius 2 is 2.42 bits per heavy atom. The minimum atomic E-state index is -0.210. The Balaban J connectivity index is 2.32. The summed E-state index contributed by atoms with van der Waals surface area (Å²) in [5, 5.41) is 5.30. The first-order valence-electron chi connectivity index (χ1n) is 3.89. The summed E-state index contributed by atoms with van der Waals surface area (Å²) in [5.74, 6) is 1.13. The number of imide groups is 1. The van der Waals surface area contributed by atoms with Gasteiger partial charge in [0.2, 0.25) is 11.8 Å². The molecule has 1 heterocycles. The maximum absolute atomic E-state index is 11.2. The molecule has 1 aliphatic heterocycles. The number of rotatable bonds is 2. The Morgan fingerprint density at radius 1 is 1.67 bits per heavy atom. The van der Waals surface area contributed by atoms with Crippen molar-refractivity contribution >= 4 is 23.6 Å². The van der Waals surface area contributed by atoms with E-state index in [9.17, 15) is 9.59 Å². The highest BCUT2D eigenvalue weighted by Gasteiger charge is 2.23. The fraction of sp³-hybridized carbons (Fsp3) is 0.714. The highest BCUT2D eigenvalue weighted by atomic mass is 32.2. The van der Waals surface area contributed by atoms with Gasteiger partial charge in [-0.2, -0.15) is 0 Å². The van der Waals surface area contributed by atoms with Crippen LogP contribution in [0.3, 0.4) is 0 Å². The summed E-state index contributed by atoms with van der Waals surface area (Å²) < 4.78 is 0.